The second kappa shape index (κ2) is 6.74. The lowest BCUT2D eigenvalue weighted by molar-refractivity contribution is 0.252. The lowest BCUT2D eigenvalue weighted by atomic mass is 10.2. The zero-order valence-corrected chi connectivity index (χ0v) is 12.4. The Morgan fingerprint density at radius 3 is 2.95 bits per heavy atom. The molecule has 2 amide bonds. The minimum absolute atomic E-state index is 0.212. The van der Waals surface area contributed by atoms with Gasteiger partial charge in [0.25, 0.3) is 0 Å². The van der Waals surface area contributed by atoms with Crippen LogP contribution < -0.4 is 16.6 Å². The summed E-state index contributed by atoms with van der Waals surface area (Å²) in [5.74, 6) is 5.51. The molecule has 2 aromatic rings. The van der Waals surface area contributed by atoms with Gasteiger partial charge in [-0.3, -0.25) is 5.43 Å². The predicted octanol–water partition coefficient (Wildman–Crippen LogP) is 3.48. The summed E-state index contributed by atoms with van der Waals surface area (Å²) in [6.07, 6.45) is 0. The number of rotatable bonds is 4. The van der Waals surface area contributed by atoms with Gasteiger partial charge in [0, 0.05) is 20.9 Å². The minimum atomic E-state index is -0.473. The fraction of sp³-hybridized carbons (Fsp3) is 0.154. The van der Waals surface area contributed by atoms with E-state index in [1.54, 1.807) is 17.8 Å². The van der Waals surface area contributed by atoms with Crippen LogP contribution in [0.1, 0.15) is 10.4 Å². The van der Waals surface area contributed by atoms with Gasteiger partial charge in [-0.05, 0) is 24.6 Å². The van der Waals surface area contributed by atoms with Crippen molar-refractivity contribution in [3.63, 3.8) is 0 Å². The molecule has 0 saturated heterocycles. The van der Waals surface area contributed by atoms with Gasteiger partial charge in [-0.15, -0.1) is 23.1 Å². The molecule has 0 bridgehead atoms. The number of hydrazine groups is 1. The van der Waals surface area contributed by atoms with Gasteiger partial charge in [-0.2, -0.15) is 0 Å². The SMILES string of the molecule is Cc1cccc(NC(=O)NN)c1SCc1cc(F)cs1. The highest BCUT2D eigenvalue weighted by atomic mass is 32.2. The highest BCUT2D eigenvalue weighted by Gasteiger charge is 2.10. The molecule has 0 radical (unpaired) electrons. The van der Waals surface area contributed by atoms with E-state index in [1.807, 2.05) is 24.5 Å². The van der Waals surface area contributed by atoms with Gasteiger partial charge in [-0.1, -0.05) is 12.1 Å². The molecule has 106 valence electrons. The number of carbonyl (C=O) groups excluding carboxylic acids is 1. The van der Waals surface area contributed by atoms with E-state index in [0.717, 1.165) is 15.3 Å². The molecule has 4 N–H and O–H groups in total. The molecular formula is C13H14FN3OS2. The average molecular weight is 311 g/mol. The van der Waals surface area contributed by atoms with Crippen LogP contribution in [0.25, 0.3) is 0 Å². The molecule has 1 aromatic heterocycles. The molecule has 0 aliphatic rings. The van der Waals surface area contributed by atoms with E-state index in [1.165, 1.54) is 22.8 Å². The predicted molar refractivity (Wildman–Crippen MR) is 81.4 cm³/mol. The Bertz CT molecular complexity index is 615. The van der Waals surface area contributed by atoms with Gasteiger partial charge in [0.2, 0.25) is 0 Å². The van der Waals surface area contributed by atoms with Crippen molar-refractivity contribution in [1.82, 2.24) is 5.43 Å². The first-order valence-electron chi connectivity index (χ1n) is 5.83. The Labute approximate surface area is 124 Å². The molecule has 0 saturated carbocycles. The number of thioether (sulfide) groups is 1. The molecule has 0 atom stereocenters. The smallest absolute Gasteiger partial charge is 0.306 e. The van der Waals surface area contributed by atoms with Crippen LogP contribution in [0.15, 0.2) is 34.5 Å². The maximum atomic E-state index is 13.0. The van der Waals surface area contributed by atoms with Gasteiger partial charge in [0.15, 0.2) is 0 Å². The van der Waals surface area contributed by atoms with Crippen LogP contribution in [-0.4, -0.2) is 6.03 Å². The molecule has 20 heavy (non-hydrogen) atoms. The summed E-state index contributed by atoms with van der Waals surface area (Å²) in [6, 6.07) is 6.67. The number of amides is 2. The van der Waals surface area contributed by atoms with Crippen LogP contribution >= 0.6 is 23.1 Å². The van der Waals surface area contributed by atoms with E-state index < -0.39 is 6.03 Å². The number of thiophene rings is 1. The number of carbonyl (C=O) groups is 1. The van der Waals surface area contributed by atoms with E-state index in [4.69, 9.17) is 5.84 Å². The summed E-state index contributed by atoms with van der Waals surface area (Å²) in [7, 11) is 0. The van der Waals surface area contributed by atoms with Gasteiger partial charge < -0.3 is 5.32 Å². The Hall–Kier alpha value is -1.57. The highest BCUT2D eigenvalue weighted by molar-refractivity contribution is 7.98. The summed E-state index contributed by atoms with van der Waals surface area (Å²) >= 11 is 2.94. The van der Waals surface area contributed by atoms with Gasteiger partial charge >= 0.3 is 6.03 Å². The summed E-state index contributed by atoms with van der Waals surface area (Å²) in [5.41, 5.74) is 3.76. The Morgan fingerprint density at radius 1 is 1.50 bits per heavy atom. The van der Waals surface area contributed by atoms with Crippen LogP contribution in [0.3, 0.4) is 0 Å². The fourth-order valence-corrected chi connectivity index (χ4v) is 3.58. The molecule has 0 aliphatic carbocycles. The van der Waals surface area contributed by atoms with E-state index >= 15 is 0 Å². The number of urea groups is 1. The number of hydrogen-bond acceptors (Lipinski definition) is 4. The van der Waals surface area contributed by atoms with Crippen molar-refractivity contribution >= 4 is 34.8 Å². The van der Waals surface area contributed by atoms with E-state index in [9.17, 15) is 9.18 Å². The number of halogens is 1. The zero-order valence-electron chi connectivity index (χ0n) is 10.8. The van der Waals surface area contributed by atoms with Crippen LogP contribution in [0.5, 0.6) is 0 Å². The Kier molecular flexibility index (Phi) is 4.99. The first-order valence-corrected chi connectivity index (χ1v) is 7.69. The third-order valence-corrected chi connectivity index (χ3v) is 4.95. The number of nitrogens with one attached hydrogen (secondary N) is 2. The summed E-state index contributed by atoms with van der Waals surface area (Å²) in [6.45, 7) is 1.96. The van der Waals surface area contributed by atoms with Crippen LogP contribution in [-0.2, 0) is 5.75 Å². The topological polar surface area (TPSA) is 67.2 Å². The molecule has 0 aliphatic heterocycles. The number of hydrogen-bond donors (Lipinski definition) is 3. The van der Waals surface area contributed by atoms with Gasteiger partial charge in [0.05, 0.1) is 5.69 Å². The average Bonchev–Trinajstić information content (AvgIpc) is 2.83. The monoisotopic (exact) mass is 311 g/mol. The van der Waals surface area contributed by atoms with Crippen molar-refractivity contribution < 1.29 is 9.18 Å². The number of anilines is 1. The van der Waals surface area contributed by atoms with Crippen molar-refractivity contribution in [3.05, 3.63) is 45.9 Å². The summed E-state index contributed by atoms with van der Waals surface area (Å²) < 4.78 is 13.0. The molecule has 2 rings (SSSR count). The van der Waals surface area contributed by atoms with Crippen molar-refractivity contribution in [1.29, 1.82) is 0 Å². The normalized spacial score (nSPS) is 10.3. The molecule has 1 heterocycles. The fourth-order valence-electron chi connectivity index (χ4n) is 1.67. The molecule has 7 heteroatoms. The van der Waals surface area contributed by atoms with Crippen molar-refractivity contribution in [2.24, 2.45) is 5.84 Å². The van der Waals surface area contributed by atoms with E-state index in [2.05, 4.69) is 5.32 Å². The molecule has 1 aromatic carbocycles. The third-order valence-electron chi connectivity index (χ3n) is 2.57. The molecule has 4 nitrogen and oxygen atoms in total. The second-order valence-corrected chi connectivity index (χ2v) is 6.05. The zero-order chi connectivity index (χ0) is 14.5. The van der Waals surface area contributed by atoms with E-state index in [-0.39, 0.29) is 5.82 Å². The number of nitrogens with two attached hydrogens (primary N) is 1. The lowest BCUT2D eigenvalue weighted by Gasteiger charge is -2.12. The highest BCUT2D eigenvalue weighted by Crippen LogP contribution is 2.34. The molecule has 0 fully saturated rings. The molecular weight excluding hydrogens is 297 g/mol. The standard InChI is InChI=1S/C13H14FN3OS2/c1-8-3-2-4-11(16-13(18)17-15)12(8)20-7-10-5-9(14)6-19-10/h2-6H,7,15H2,1H3,(H2,16,17,18). The maximum absolute atomic E-state index is 13.0. The maximum Gasteiger partial charge on any atom is 0.333 e. The number of benzene rings is 1. The van der Waals surface area contributed by atoms with E-state index in [0.29, 0.717) is 11.4 Å². The minimum Gasteiger partial charge on any atom is -0.306 e. The largest absolute Gasteiger partial charge is 0.333 e. The van der Waals surface area contributed by atoms with Crippen molar-refractivity contribution in [2.45, 2.75) is 17.6 Å². The van der Waals surface area contributed by atoms with Crippen LogP contribution in [0.2, 0.25) is 0 Å². The van der Waals surface area contributed by atoms with Gasteiger partial charge in [0.1, 0.15) is 5.82 Å². The number of aryl methyl sites for hydroxylation is 1. The molecule has 0 spiro atoms. The Balaban J connectivity index is 2.14. The second-order valence-electron chi connectivity index (χ2n) is 4.07. The van der Waals surface area contributed by atoms with Gasteiger partial charge in [-0.25, -0.2) is 15.0 Å². The summed E-state index contributed by atoms with van der Waals surface area (Å²) in [5, 5.41) is 4.16. The van der Waals surface area contributed by atoms with Crippen LogP contribution in [0, 0.1) is 12.7 Å². The van der Waals surface area contributed by atoms with Crippen molar-refractivity contribution in [2.75, 3.05) is 5.32 Å². The third kappa shape index (κ3) is 3.72. The lowest BCUT2D eigenvalue weighted by Crippen LogP contribution is -2.34. The first-order chi connectivity index (χ1) is 9.60. The van der Waals surface area contributed by atoms with Crippen LogP contribution in [0.4, 0.5) is 14.9 Å². The van der Waals surface area contributed by atoms with Crippen molar-refractivity contribution in [3.8, 4) is 0 Å². The Morgan fingerprint density at radius 2 is 2.30 bits per heavy atom. The quantitative estimate of drug-likeness (QED) is 0.350. The molecule has 0 unspecified atom stereocenters. The summed E-state index contributed by atoms with van der Waals surface area (Å²) in [4.78, 5) is 13.2. The first kappa shape index (κ1) is 14.8.